The van der Waals surface area contributed by atoms with Crippen LogP contribution in [0.25, 0.3) is 10.9 Å². The van der Waals surface area contributed by atoms with Crippen LogP contribution < -0.4 is 10.1 Å². The maximum Gasteiger partial charge on any atom is 0.224 e. The molecular formula is C22H28N2O2. The molecule has 4 heteroatoms. The van der Waals surface area contributed by atoms with E-state index in [1.54, 1.807) is 7.11 Å². The SMILES string of the molecule is C=C(C)[C@H]1CC=C(CNC(=O)Cc2c(C)[nH]c3ccc(OC)cc23)CC1. The minimum atomic E-state index is 0.0553. The van der Waals surface area contributed by atoms with Gasteiger partial charge in [0.2, 0.25) is 5.91 Å². The Morgan fingerprint density at radius 2 is 2.23 bits per heavy atom. The molecule has 0 radical (unpaired) electrons. The molecule has 1 atom stereocenters. The lowest BCUT2D eigenvalue weighted by Crippen LogP contribution is -2.28. The van der Waals surface area contributed by atoms with E-state index in [2.05, 4.69) is 29.9 Å². The van der Waals surface area contributed by atoms with Crippen LogP contribution in [0.2, 0.25) is 0 Å². The van der Waals surface area contributed by atoms with Crippen LogP contribution in [-0.4, -0.2) is 24.5 Å². The second-order valence-electron chi connectivity index (χ2n) is 7.27. The number of aryl methyl sites for hydroxylation is 1. The van der Waals surface area contributed by atoms with Crippen LogP contribution >= 0.6 is 0 Å². The molecule has 0 saturated heterocycles. The summed E-state index contributed by atoms with van der Waals surface area (Å²) in [6.45, 7) is 8.81. The molecule has 1 aliphatic carbocycles. The summed E-state index contributed by atoms with van der Waals surface area (Å²) in [5.41, 5.74) is 5.69. The van der Waals surface area contributed by atoms with Gasteiger partial charge in [0.25, 0.3) is 0 Å². The zero-order valence-electron chi connectivity index (χ0n) is 15.9. The fourth-order valence-electron chi connectivity index (χ4n) is 3.65. The van der Waals surface area contributed by atoms with Crippen molar-refractivity contribution in [2.24, 2.45) is 5.92 Å². The van der Waals surface area contributed by atoms with Crippen molar-refractivity contribution in [3.05, 3.63) is 53.3 Å². The molecule has 0 saturated carbocycles. The van der Waals surface area contributed by atoms with E-state index in [1.807, 2.05) is 25.1 Å². The van der Waals surface area contributed by atoms with Crippen molar-refractivity contribution in [2.45, 2.75) is 39.5 Å². The minimum Gasteiger partial charge on any atom is -0.497 e. The number of carbonyl (C=O) groups is 1. The third kappa shape index (κ3) is 4.01. The number of aromatic amines is 1. The maximum atomic E-state index is 12.5. The van der Waals surface area contributed by atoms with Gasteiger partial charge >= 0.3 is 0 Å². The number of rotatable bonds is 6. The average molecular weight is 352 g/mol. The van der Waals surface area contributed by atoms with Crippen molar-refractivity contribution < 1.29 is 9.53 Å². The number of carbonyl (C=O) groups excluding carboxylic acids is 1. The molecule has 2 aromatic rings. The average Bonchev–Trinajstić information content (AvgIpc) is 2.95. The van der Waals surface area contributed by atoms with Gasteiger partial charge in [-0.2, -0.15) is 0 Å². The van der Waals surface area contributed by atoms with Gasteiger partial charge in [-0.25, -0.2) is 0 Å². The van der Waals surface area contributed by atoms with Gasteiger partial charge in [-0.3, -0.25) is 4.79 Å². The number of ether oxygens (including phenoxy) is 1. The molecule has 26 heavy (non-hydrogen) atoms. The van der Waals surface area contributed by atoms with Gasteiger partial charge in [0.05, 0.1) is 13.5 Å². The van der Waals surface area contributed by atoms with Crippen LogP contribution in [0.3, 0.4) is 0 Å². The van der Waals surface area contributed by atoms with Gasteiger partial charge in [-0.15, -0.1) is 0 Å². The second-order valence-corrected chi connectivity index (χ2v) is 7.27. The van der Waals surface area contributed by atoms with Crippen molar-refractivity contribution in [1.29, 1.82) is 0 Å². The summed E-state index contributed by atoms with van der Waals surface area (Å²) in [5, 5.41) is 4.13. The molecule has 3 rings (SSSR count). The predicted molar refractivity (Wildman–Crippen MR) is 107 cm³/mol. The Balaban J connectivity index is 1.63. The zero-order chi connectivity index (χ0) is 18.7. The number of H-pyrrole nitrogens is 1. The van der Waals surface area contributed by atoms with E-state index >= 15 is 0 Å². The highest BCUT2D eigenvalue weighted by Gasteiger charge is 2.16. The molecule has 0 spiro atoms. The first-order valence-corrected chi connectivity index (χ1v) is 9.23. The number of methoxy groups -OCH3 is 1. The van der Waals surface area contributed by atoms with Crippen molar-refractivity contribution in [1.82, 2.24) is 10.3 Å². The first-order chi connectivity index (χ1) is 12.5. The lowest BCUT2D eigenvalue weighted by atomic mass is 9.85. The second kappa shape index (κ2) is 7.81. The summed E-state index contributed by atoms with van der Waals surface area (Å²) < 4.78 is 5.32. The van der Waals surface area contributed by atoms with Gasteiger partial charge in [0.15, 0.2) is 0 Å². The molecule has 1 aromatic heterocycles. The zero-order valence-corrected chi connectivity index (χ0v) is 15.9. The normalized spacial score (nSPS) is 17.0. The number of nitrogens with one attached hydrogen (secondary N) is 2. The van der Waals surface area contributed by atoms with E-state index in [0.29, 0.717) is 18.9 Å². The lowest BCUT2D eigenvalue weighted by Gasteiger charge is -2.22. The summed E-state index contributed by atoms with van der Waals surface area (Å²) in [4.78, 5) is 15.8. The highest BCUT2D eigenvalue weighted by molar-refractivity contribution is 5.91. The standard InChI is InChI=1S/C22H28N2O2/c1-14(2)17-7-5-16(6-8-17)13-23-22(25)12-19-15(3)24-21-10-9-18(26-4)11-20(19)21/h5,9-11,17,24H,1,6-8,12-13H2,2-4H3,(H,23,25)/t17-/m0/s1. The molecule has 4 nitrogen and oxygen atoms in total. The maximum absolute atomic E-state index is 12.5. The van der Waals surface area contributed by atoms with Crippen LogP contribution in [0.1, 0.15) is 37.4 Å². The van der Waals surface area contributed by atoms with Gasteiger partial charge < -0.3 is 15.0 Å². The van der Waals surface area contributed by atoms with E-state index in [0.717, 1.165) is 47.2 Å². The summed E-state index contributed by atoms with van der Waals surface area (Å²) >= 11 is 0. The van der Waals surface area contributed by atoms with Crippen LogP contribution in [-0.2, 0) is 11.2 Å². The van der Waals surface area contributed by atoms with Gasteiger partial charge in [-0.1, -0.05) is 23.8 Å². The third-order valence-corrected chi connectivity index (χ3v) is 5.38. The van der Waals surface area contributed by atoms with Crippen molar-refractivity contribution in [2.75, 3.05) is 13.7 Å². The molecule has 1 heterocycles. The van der Waals surface area contributed by atoms with E-state index < -0.39 is 0 Å². The predicted octanol–water partition coefficient (Wildman–Crippen LogP) is 4.45. The van der Waals surface area contributed by atoms with Gasteiger partial charge in [0, 0.05) is 23.1 Å². The number of benzene rings is 1. The fraction of sp³-hybridized carbons (Fsp3) is 0.409. The minimum absolute atomic E-state index is 0.0553. The number of hydrogen-bond acceptors (Lipinski definition) is 2. The number of allylic oxidation sites excluding steroid dienone is 2. The molecule has 2 N–H and O–H groups in total. The van der Waals surface area contributed by atoms with E-state index in [1.165, 1.54) is 11.1 Å². The van der Waals surface area contributed by atoms with Crippen LogP contribution in [0.5, 0.6) is 5.75 Å². The van der Waals surface area contributed by atoms with Gasteiger partial charge in [-0.05, 0) is 62.8 Å². The van der Waals surface area contributed by atoms with Crippen LogP contribution in [0, 0.1) is 12.8 Å². The quantitative estimate of drug-likeness (QED) is 0.755. The monoisotopic (exact) mass is 352 g/mol. The fourth-order valence-corrected chi connectivity index (χ4v) is 3.65. The van der Waals surface area contributed by atoms with Gasteiger partial charge in [0.1, 0.15) is 5.75 Å². The molecule has 138 valence electrons. The summed E-state index contributed by atoms with van der Waals surface area (Å²) in [6.07, 6.45) is 5.87. The Hall–Kier alpha value is -2.49. The summed E-state index contributed by atoms with van der Waals surface area (Å²) in [6, 6.07) is 5.91. The molecule has 1 aliphatic rings. The Morgan fingerprint density at radius 1 is 1.42 bits per heavy atom. The smallest absolute Gasteiger partial charge is 0.224 e. The highest BCUT2D eigenvalue weighted by Crippen LogP contribution is 2.28. The molecule has 0 unspecified atom stereocenters. The summed E-state index contributed by atoms with van der Waals surface area (Å²) in [7, 11) is 1.66. The largest absolute Gasteiger partial charge is 0.497 e. The van der Waals surface area contributed by atoms with E-state index in [4.69, 9.17) is 4.74 Å². The number of fused-ring (bicyclic) bond motifs is 1. The highest BCUT2D eigenvalue weighted by atomic mass is 16.5. The van der Waals surface area contributed by atoms with Crippen molar-refractivity contribution >= 4 is 16.8 Å². The number of amides is 1. The molecule has 0 fully saturated rings. The topological polar surface area (TPSA) is 54.1 Å². The van der Waals surface area contributed by atoms with E-state index in [-0.39, 0.29) is 5.91 Å². The number of hydrogen-bond donors (Lipinski definition) is 2. The Kier molecular flexibility index (Phi) is 5.50. The molecular weight excluding hydrogens is 324 g/mol. The molecule has 1 aromatic carbocycles. The van der Waals surface area contributed by atoms with Crippen molar-refractivity contribution in [3.63, 3.8) is 0 Å². The Labute approximate surface area is 155 Å². The van der Waals surface area contributed by atoms with Crippen LogP contribution in [0.15, 0.2) is 42.0 Å². The first kappa shape index (κ1) is 18.3. The lowest BCUT2D eigenvalue weighted by molar-refractivity contribution is -0.120. The van der Waals surface area contributed by atoms with E-state index in [9.17, 15) is 4.79 Å². The Morgan fingerprint density at radius 3 is 2.88 bits per heavy atom. The first-order valence-electron chi connectivity index (χ1n) is 9.23. The number of aromatic nitrogens is 1. The van der Waals surface area contributed by atoms with Crippen molar-refractivity contribution in [3.8, 4) is 5.75 Å². The molecule has 1 amide bonds. The summed E-state index contributed by atoms with van der Waals surface area (Å²) in [5.74, 6) is 1.45. The molecule has 0 aliphatic heterocycles. The van der Waals surface area contributed by atoms with Crippen LogP contribution in [0.4, 0.5) is 0 Å². The Bertz CT molecular complexity index is 860. The molecule has 0 bridgehead atoms. The third-order valence-electron chi connectivity index (χ3n) is 5.38.